The van der Waals surface area contributed by atoms with Gasteiger partial charge in [-0.3, -0.25) is 57.6 Å². The number of methoxy groups -OCH3 is 2. The fraction of sp³-hybridized carbons (Fsp3) is 0.671. The summed E-state index contributed by atoms with van der Waals surface area (Å²) in [5.74, 6) is -9.95. The third kappa shape index (κ3) is 25.5. The Kier molecular flexibility index (Phi) is 35.2. The number of halogens is 2. The quantitative estimate of drug-likeness (QED) is 0.0307. The number of carbonyl (C=O) groups is 14. The number of imide groups is 2. The molecule has 2 aromatic rings. The Balaban J connectivity index is 0.976. The number of likely N-dealkylation sites (tertiary alicyclic amines) is 2. The number of hydroxylamine groups is 2. The Bertz CT molecular complexity index is 3540. The lowest BCUT2D eigenvalue weighted by atomic mass is 9.83. The van der Waals surface area contributed by atoms with Crippen LogP contribution in [0.4, 0.5) is 24.1 Å². The minimum atomic E-state index is -1.00. The van der Waals surface area contributed by atoms with Gasteiger partial charge in [0.25, 0.3) is 11.8 Å². The first-order chi connectivity index (χ1) is 52.1. The molecule has 6 N–H and O–H groups in total. The maximum Gasteiger partial charge on any atom is 0.410 e. The average molecular weight is 1560 g/mol. The summed E-state index contributed by atoms with van der Waals surface area (Å²) in [5.41, 5.74) is 5.59. The van der Waals surface area contributed by atoms with Gasteiger partial charge < -0.3 is 60.7 Å². The highest BCUT2D eigenvalue weighted by Crippen LogP contribution is 2.52. The molecule has 0 aromatic heterocycles. The van der Waals surface area contributed by atoms with Gasteiger partial charge in [0, 0.05) is 122 Å². The molecule has 1 unspecified atom stereocenters. The summed E-state index contributed by atoms with van der Waals surface area (Å²) in [5, 5.41) is 10.8. The highest BCUT2D eigenvalue weighted by atomic mass is 32.2. The number of amides is 12. The lowest BCUT2D eigenvalue weighted by Gasteiger charge is -2.41. The molecule has 3 aliphatic heterocycles. The van der Waals surface area contributed by atoms with Gasteiger partial charge in [0.1, 0.15) is 18.2 Å². The number of Topliss-reactive ketones (excluding diaryl/α,β-unsaturated/α-hetero) is 2. The highest BCUT2D eigenvalue weighted by molar-refractivity contribution is 8.00. The van der Waals surface area contributed by atoms with Crippen LogP contribution in [0.25, 0.3) is 0 Å². The average Bonchev–Trinajstić information content (AvgIpc) is 1.60. The first-order valence-corrected chi connectivity index (χ1v) is 39.6. The van der Waals surface area contributed by atoms with Gasteiger partial charge in [-0.05, 0) is 117 Å². The topological polar surface area (TPSA) is 366 Å². The first kappa shape index (κ1) is 90.4. The SMILES string of the molecule is CC[C@H](C)[C@@H]([C@@H](CC(=O)N1CCC[C@H]1[C@H](OC)[C@@H](C)C(=O)NCCc1c(F)cccc1F)OC)N(C)C(=O)[C@@H](CC(=O)[C@H](C(C)C)N(C)C(=O)OCc1ccc(NC(=O)[C@H](CCCNC(N)=O)CC(=O)[C@@H](NC(=O)CCCCCN2C(=O)CC(SCC3(CC(=O)ON4C(=O)CCC4=O)CC3)C2=O)C(C)C)cc1)C(C)C. The third-order valence-electron chi connectivity index (χ3n) is 21.7. The van der Waals surface area contributed by atoms with E-state index >= 15 is 0 Å². The van der Waals surface area contributed by atoms with Crippen LogP contribution in [0.15, 0.2) is 42.5 Å². The number of nitrogens with zero attached hydrogens (tertiary/aromatic N) is 5. The number of anilines is 1. The Morgan fingerprint density at radius 3 is 2.00 bits per heavy atom. The van der Waals surface area contributed by atoms with Gasteiger partial charge in [-0.15, -0.1) is 16.8 Å². The van der Waals surface area contributed by atoms with E-state index in [0.717, 1.165) is 12.1 Å². The summed E-state index contributed by atoms with van der Waals surface area (Å²) >= 11 is 1.30. The molecular formula is C79H116F2N10O18S. The van der Waals surface area contributed by atoms with E-state index < -0.39 is 136 Å². The van der Waals surface area contributed by atoms with Gasteiger partial charge in [0.05, 0.1) is 60.4 Å². The number of hydrogen-bond donors (Lipinski definition) is 5. The van der Waals surface area contributed by atoms with Crippen LogP contribution in [0.1, 0.15) is 189 Å². The van der Waals surface area contributed by atoms with Crippen LogP contribution in [-0.2, 0) is 89.6 Å². The van der Waals surface area contributed by atoms with E-state index in [0.29, 0.717) is 80.0 Å². The molecule has 31 heteroatoms. The largest absolute Gasteiger partial charge is 0.445 e. The number of hydrogen-bond acceptors (Lipinski definition) is 19. The van der Waals surface area contributed by atoms with Gasteiger partial charge in [0.2, 0.25) is 41.4 Å². The number of likely N-dealkylation sites (N-methyl/N-ethyl adjacent to an activating group) is 2. The normalized spacial score (nSPS) is 18.6. The highest BCUT2D eigenvalue weighted by Gasteiger charge is 2.49. The molecule has 0 radical (unpaired) electrons. The number of ether oxygens (including phenoxy) is 3. The number of rotatable bonds is 46. The number of ketones is 2. The summed E-state index contributed by atoms with van der Waals surface area (Å²) in [4.78, 5) is 198. The van der Waals surface area contributed by atoms with Crippen molar-refractivity contribution >= 4 is 100 Å². The molecule has 0 spiro atoms. The molecule has 6 rings (SSSR count). The molecule has 110 heavy (non-hydrogen) atoms. The van der Waals surface area contributed by atoms with E-state index in [2.05, 4.69) is 21.3 Å². The monoisotopic (exact) mass is 1560 g/mol. The Morgan fingerprint density at radius 1 is 0.745 bits per heavy atom. The molecule has 3 saturated heterocycles. The van der Waals surface area contributed by atoms with Gasteiger partial charge in [-0.25, -0.2) is 23.2 Å². The van der Waals surface area contributed by atoms with Gasteiger partial charge >= 0.3 is 18.1 Å². The number of thioether (sulfide) groups is 1. The van der Waals surface area contributed by atoms with Crippen molar-refractivity contribution in [2.75, 3.05) is 65.6 Å². The molecular weight excluding hydrogens is 1450 g/mol. The molecule has 4 aliphatic rings. The predicted molar refractivity (Wildman–Crippen MR) is 405 cm³/mol. The molecule has 3 heterocycles. The maximum atomic E-state index is 14.9. The summed E-state index contributed by atoms with van der Waals surface area (Å²) in [6.07, 6.45) is 1.96. The number of unbranched alkanes of at least 4 members (excludes halogenated alkanes) is 2. The fourth-order valence-corrected chi connectivity index (χ4v) is 16.4. The van der Waals surface area contributed by atoms with Crippen molar-refractivity contribution in [1.82, 2.24) is 40.6 Å². The molecule has 28 nitrogen and oxygen atoms in total. The van der Waals surface area contributed by atoms with Crippen molar-refractivity contribution in [1.29, 1.82) is 0 Å². The lowest BCUT2D eigenvalue weighted by Crippen LogP contribution is -2.54. The molecule has 1 saturated carbocycles. The third-order valence-corrected chi connectivity index (χ3v) is 23.3. The Hall–Kier alpha value is -8.45. The number of primary amides is 1. The lowest BCUT2D eigenvalue weighted by molar-refractivity contribution is -0.198. The number of benzene rings is 2. The molecule has 2 aromatic carbocycles. The summed E-state index contributed by atoms with van der Waals surface area (Å²) in [6.45, 7) is 16.8. The van der Waals surface area contributed by atoms with Crippen LogP contribution in [0.2, 0.25) is 0 Å². The fourth-order valence-electron chi connectivity index (χ4n) is 14.9. The number of carbonyl (C=O) groups excluding carboxylic acids is 14. The van der Waals surface area contributed by atoms with E-state index in [1.165, 1.54) is 48.9 Å². The zero-order valence-electron chi connectivity index (χ0n) is 66.1. The van der Waals surface area contributed by atoms with E-state index in [1.807, 2.05) is 27.7 Å². The van der Waals surface area contributed by atoms with Gasteiger partial charge in [0.15, 0.2) is 11.6 Å². The predicted octanol–water partition coefficient (Wildman–Crippen LogP) is 8.37. The second kappa shape index (κ2) is 42.8. The molecule has 610 valence electrons. The second-order valence-corrected chi connectivity index (χ2v) is 32.1. The minimum absolute atomic E-state index is 0.00984. The van der Waals surface area contributed by atoms with Crippen LogP contribution < -0.4 is 27.0 Å². The van der Waals surface area contributed by atoms with Crippen LogP contribution >= 0.6 is 11.8 Å². The smallest absolute Gasteiger partial charge is 0.410 e. The number of nitrogens with two attached hydrogens (primary N) is 1. The zero-order valence-corrected chi connectivity index (χ0v) is 66.9. The molecule has 0 bridgehead atoms. The van der Waals surface area contributed by atoms with Crippen LogP contribution in [-0.4, -0.2) is 209 Å². The number of nitrogens with one attached hydrogen (secondary N) is 4. The van der Waals surface area contributed by atoms with Crippen LogP contribution in [0.3, 0.4) is 0 Å². The van der Waals surface area contributed by atoms with Crippen molar-refractivity contribution in [2.24, 2.45) is 52.6 Å². The number of urea groups is 1. The summed E-state index contributed by atoms with van der Waals surface area (Å²) in [7, 11) is 6.06. The Labute approximate surface area is 648 Å². The summed E-state index contributed by atoms with van der Waals surface area (Å²) in [6, 6.07) is 6.19. The van der Waals surface area contributed by atoms with E-state index in [1.54, 1.807) is 75.7 Å². The zero-order chi connectivity index (χ0) is 81.4. The maximum absolute atomic E-state index is 14.9. The second-order valence-electron chi connectivity index (χ2n) is 30.9. The van der Waals surface area contributed by atoms with E-state index in [4.69, 9.17) is 24.8 Å². The van der Waals surface area contributed by atoms with Crippen LogP contribution in [0, 0.1) is 58.5 Å². The van der Waals surface area contributed by atoms with Crippen molar-refractivity contribution in [3.05, 3.63) is 65.2 Å². The van der Waals surface area contributed by atoms with Crippen molar-refractivity contribution in [3.8, 4) is 0 Å². The van der Waals surface area contributed by atoms with Crippen LogP contribution in [0.5, 0.6) is 0 Å². The summed E-state index contributed by atoms with van der Waals surface area (Å²) < 4.78 is 46.4. The molecule has 12 amide bonds. The molecule has 4 fully saturated rings. The minimum Gasteiger partial charge on any atom is -0.445 e. The molecule has 1 aliphatic carbocycles. The van der Waals surface area contributed by atoms with Crippen molar-refractivity contribution < 1.29 is 95.0 Å². The van der Waals surface area contributed by atoms with Crippen molar-refractivity contribution in [3.63, 3.8) is 0 Å². The van der Waals surface area contributed by atoms with E-state index in [9.17, 15) is 75.9 Å². The van der Waals surface area contributed by atoms with Crippen molar-refractivity contribution in [2.45, 2.75) is 233 Å². The van der Waals surface area contributed by atoms with Gasteiger partial charge in [-0.1, -0.05) is 93.4 Å². The van der Waals surface area contributed by atoms with Gasteiger partial charge in [-0.2, -0.15) is 0 Å². The first-order valence-electron chi connectivity index (χ1n) is 38.6. The standard InChI is InChI=1S/C79H116F2N10O18S/c1-14-49(8)71(61(106-12)41-66(97)89-38-20-24-58(89)72(107-13)50(9)73(100)83-36-32-54-56(80)22-18-23-57(54)81)87(10)75(102)55(46(2)3)40-60(93)70(48(6)7)88(11)78(105)108-44-51-26-28-53(29-27-51)85-74(101)52(21-19-35-84-77(82)104)39-59(92)69(47(4)5)86-63(94)25-16-15-17-37-90-67(98)42-62(76(90)103)110-45-79(33-34-79)43-68(99)109-91-64(95)30-31-65(91)96/h18,22-23,26-29,46-50,52,55,58,61-62,69-72H,14-17,19-21,24-25,30-45H2,1-13H3,(H,83,100)(H,85,101)(H,86,94)(H3,82,84,104)/t49-,50+,52+,55-,58-,61+,62?,69-,70-,71-,72+/m0/s1. The molecule has 11 atom stereocenters. The Morgan fingerprint density at radius 2 is 1.41 bits per heavy atom. The van der Waals surface area contributed by atoms with E-state index in [-0.39, 0.29) is 150 Å².